The van der Waals surface area contributed by atoms with Gasteiger partial charge in [-0.25, -0.2) is 4.79 Å². The summed E-state index contributed by atoms with van der Waals surface area (Å²) in [5.74, 6) is -0.277. The average molecular weight is 276 g/mol. The maximum Gasteiger partial charge on any atom is 0.419 e. The van der Waals surface area contributed by atoms with Gasteiger partial charge in [-0.05, 0) is 26.0 Å². The molecule has 20 heavy (non-hydrogen) atoms. The first kappa shape index (κ1) is 13.4. The number of hydrogen-bond acceptors (Lipinski definition) is 4. The molecular weight excluding hydrogens is 256 g/mol. The van der Waals surface area contributed by atoms with Crippen LogP contribution in [0.25, 0.3) is 11.1 Å². The van der Waals surface area contributed by atoms with Crippen molar-refractivity contribution in [2.24, 2.45) is 0 Å². The quantitative estimate of drug-likeness (QED) is 0.856. The van der Waals surface area contributed by atoms with Crippen molar-refractivity contribution in [3.05, 3.63) is 34.8 Å². The Morgan fingerprint density at radius 3 is 2.60 bits per heavy atom. The van der Waals surface area contributed by atoms with Crippen molar-refractivity contribution in [3.63, 3.8) is 0 Å². The second-order valence-corrected chi connectivity index (χ2v) is 5.50. The number of fused-ring (bicyclic) bond motifs is 1. The van der Waals surface area contributed by atoms with Crippen LogP contribution >= 0.6 is 0 Å². The fourth-order valence-electron chi connectivity index (χ4n) is 2.93. The summed E-state index contributed by atoms with van der Waals surface area (Å²) >= 11 is 0. The zero-order valence-electron chi connectivity index (χ0n) is 11.9. The van der Waals surface area contributed by atoms with Gasteiger partial charge in [-0.1, -0.05) is 12.1 Å². The van der Waals surface area contributed by atoms with Gasteiger partial charge in [0.15, 0.2) is 5.58 Å². The van der Waals surface area contributed by atoms with E-state index in [1.165, 1.54) is 0 Å². The number of morpholine rings is 1. The van der Waals surface area contributed by atoms with Crippen LogP contribution in [0.5, 0.6) is 0 Å². The monoisotopic (exact) mass is 276 g/mol. The highest BCUT2D eigenvalue weighted by atomic mass is 16.5. The van der Waals surface area contributed by atoms with E-state index in [9.17, 15) is 4.79 Å². The van der Waals surface area contributed by atoms with E-state index in [0.717, 1.165) is 25.2 Å². The first-order chi connectivity index (χ1) is 9.63. The zero-order valence-corrected chi connectivity index (χ0v) is 11.9. The van der Waals surface area contributed by atoms with Crippen molar-refractivity contribution in [1.29, 1.82) is 0 Å². The van der Waals surface area contributed by atoms with E-state index in [1.54, 1.807) is 4.57 Å². The van der Waals surface area contributed by atoms with Gasteiger partial charge >= 0.3 is 5.76 Å². The van der Waals surface area contributed by atoms with Crippen LogP contribution in [0.15, 0.2) is 33.5 Å². The molecule has 3 rings (SSSR count). The zero-order chi connectivity index (χ0) is 14.1. The number of ether oxygens (including phenoxy) is 1. The Labute approximate surface area is 117 Å². The summed E-state index contributed by atoms with van der Waals surface area (Å²) in [5, 5.41) is 0. The highest BCUT2D eigenvalue weighted by Gasteiger charge is 2.22. The Morgan fingerprint density at radius 1 is 1.15 bits per heavy atom. The topological polar surface area (TPSA) is 47.6 Å². The summed E-state index contributed by atoms with van der Waals surface area (Å²) in [4.78, 5) is 14.2. The van der Waals surface area contributed by atoms with Gasteiger partial charge in [-0.2, -0.15) is 0 Å². The molecule has 0 unspecified atom stereocenters. The van der Waals surface area contributed by atoms with Crippen LogP contribution in [0.1, 0.15) is 13.8 Å². The maximum atomic E-state index is 11.9. The third-order valence-electron chi connectivity index (χ3n) is 3.71. The van der Waals surface area contributed by atoms with Crippen LogP contribution in [-0.4, -0.2) is 41.3 Å². The molecule has 1 aliphatic rings. The standard InChI is InChI=1S/C15H20N2O3/c1-11-9-16(10-12(2)19-11)7-8-17-13-5-3-4-6-14(13)20-15(17)18/h3-6,11-12H,7-10H2,1-2H3/t11-,12-/m0/s1. The Bertz CT molecular complexity index is 636. The molecule has 1 aliphatic heterocycles. The van der Waals surface area contributed by atoms with Crippen molar-refractivity contribution in [2.75, 3.05) is 19.6 Å². The van der Waals surface area contributed by atoms with Gasteiger partial charge in [0.25, 0.3) is 0 Å². The second kappa shape index (κ2) is 5.42. The lowest BCUT2D eigenvalue weighted by Crippen LogP contribution is -2.46. The Kier molecular flexibility index (Phi) is 3.63. The van der Waals surface area contributed by atoms with Crippen LogP contribution in [0, 0.1) is 0 Å². The highest BCUT2D eigenvalue weighted by Crippen LogP contribution is 2.13. The number of para-hydroxylation sites is 2. The van der Waals surface area contributed by atoms with E-state index in [1.807, 2.05) is 24.3 Å². The molecule has 108 valence electrons. The average Bonchev–Trinajstić information content (AvgIpc) is 2.71. The molecule has 2 atom stereocenters. The molecule has 5 nitrogen and oxygen atoms in total. The first-order valence-corrected chi connectivity index (χ1v) is 7.09. The van der Waals surface area contributed by atoms with Gasteiger partial charge in [0.05, 0.1) is 17.7 Å². The summed E-state index contributed by atoms with van der Waals surface area (Å²) in [5.41, 5.74) is 1.52. The van der Waals surface area contributed by atoms with Crippen LogP contribution in [0.3, 0.4) is 0 Å². The number of oxazole rings is 1. The molecule has 0 spiro atoms. The van der Waals surface area contributed by atoms with Crippen LogP contribution in [0.2, 0.25) is 0 Å². The Balaban J connectivity index is 1.74. The molecule has 2 aromatic rings. The molecule has 2 heterocycles. The summed E-state index contributed by atoms with van der Waals surface area (Å²) in [6.07, 6.45) is 0.494. The fourth-order valence-corrected chi connectivity index (χ4v) is 2.93. The molecule has 5 heteroatoms. The normalized spacial score (nSPS) is 24.3. The number of rotatable bonds is 3. The first-order valence-electron chi connectivity index (χ1n) is 7.09. The number of hydrogen-bond donors (Lipinski definition) is 0. The van der Waals surface area contributed by atoms with Gasteiger partial charge in [-0.15, -0.1) is 0 Å². The minimum absolute atomic E-state index is 0.247. The van der Waals surface area contributed by atoms with Gasteiger partial charge < -0.3 is 9.15 Å². The molecule has 0 amide bonds. The third kappa shape index (κ3) is 2.64. The highest BCUT2D eigenvalue weighted by molar-refractivity contribution is 5.72. The second-order valence-electron chi connectivity index (χ2n) is 5.50. The van der Waals surface area contributed by atoms with Gasteiger partial charge in [-0.3, -0.25) is 9.47 Å². The Morgan fingerprint density at radius 2 is 1.85 bits per heavy atom. The number of benzene rings is 1. The van der Waals surface area contributed by atoms with Gasteiger partial charge in [0.1, 0.15) is 0 Å². The van der Waals surface area contributed by atoms with Crippen molar-refractivity contribution < 1.29 is 9.15 Å². The van der Waals surface area contributed by atoms with E-state index in [4.69, 9.17) is 9.15 Å². The minimum Gasteiger partial charge on any atom is -0.408 e. The lowest BCUT2D eigenvalue weighted by molar-refractivity contribution is -0.0685. The predicted molar refractivity (Wildman–Crippen MR) is 76.9 cm³/mol. The molecule has 1 aromatic heterocycles. The molecule has 1 aromatic carbocycles. The van der Waals surface area contributed by atoms with Crippen LogP contribution in [0.4, 0.5) is 0 Å². The van der Waals surface area contributed by atoms with E-state index < -0.39 is 0 Å². The number of aromatic nitrogens is 1. The van der Waals surface area contributed by atoms with Crippen LogP contribution in [-0.2, 0) is 11.3 Å². The molecule has 0 bridgehead atoms. The van der Waals surface area contributed by atoms with Crippen LogP contribution < -0.4 is 5.76 Å². The smallest absolute Gasteiger partial charge is 0.408 e. The molecule has 0 aliphatic carbocycles. The molecule has 1 saturated heterocycles. The molecule has 1 fully saturated rings. The lowest BCUT2D eigenvalue weighted by atomic mass is 10.2. The summed E-state index contributed by atoms with van der Waals surface area (Å²) in [6.45, 7) is 7.48. The van der Waals surface area contributed by atoms with Crippen molar-refractivity contribution in [1.82, 2.24) is 9.47 Å². The van der Waals surface area contributed by atoms with E-state index in [0.29, 0.717) is 12.1 Å². The SMILES string of the molecule is C[C@H]1CN(CCn2c(=O)oc3ccccc32)C[C@H](C)O1. The van der Waals surface area contributed by atoms with E-state index in [-0.39, 0.29) is 18.0 Å². The van der Waals surface area contributed by atoms with Crippen molar-refractivity contribution in [3.8, 4) is 0 Å². The summed E-state index contributed by atoms with van der Waals surface area (Å²) in [7, 11) is 0. The van der Waals surface area contributed by atoms with Crippen molar-refractivity contribution >= 4 is 11.1 Å². The summed E-state index contributed by atoms with van der Waals surface area (Å²) in [6, 6.07) is 7.55. The maximum absolute atomic E-state index is 11.9. The molecule has 0 radical (unpaired) electrons. The van der Waals surface area contributed by atoms with Gasteiger partial charge in [0.2, 0.25) is 0 Å². The molecule has 0 saturated carbocycles. The van der Waals surface area contributed by atoms with Gasteiger partial charge in [0, 0.05) is 26.2 Å². The van der Waals surface area contributed by atoms with E-state index >= 15 is 0 Å². The molecular formula is C15H20N2O3. The lowest BCUT2D eigenvalue weighted by Gasteiger charge is -2.35. The van der Waals surface area contributed by atoms with E-state index in [2.05, 4.69) is 18.7 Å². The summed E-state index contributed by atoms with van der Waals surface area (Å²) < 4.78 is 12.7. The largest absolute Gasteiger partial charge is 0.419 e. The van der Waals surface area contributed by atoms with Crippen molar-refractivity contribution in [2.45, 2.75) is 32.6 Å². The minimum atomic E-state index is -0.277. The number of nitrogens with zero attached hydrogens (tertiary/aromatic N) is 2. The third-order valence-corrected chi connectivity index (χ3v) is 3.71. The Hall–Kier alpha value is -1.59. The fraction of sp³-hybridized carbons (Fsp3) is 0.533. The molecule has 0 N–H and O–H groups in total. The predicted octanol–water partition coefficient (Wildman–Crippen LogP) is 1.70.